The molecule has 3 aromatic rings. The van der Waals surface area contributed by atoms with Crippen LogP contribution in [0.2, 0.25) is 15.1 Å². The number of nitrogens with two attached hydrogens (primary N) is 3. The Morgan fingerprint density at radius 3 is 2.41 bits per heavy atom. The van der Waals surface area contributed by atoms with Crippen LogP contribution in [0.4, 0.5) is 17.1 Å². The first kappa shape index (κ1) is 24.2. The molecule has 2 unspecified atom stereocenters. The van der Waals surface area contributed by atoms with Crippen molar-refractivity contribution in [3.05, 3.63) is 86.9 Å². The van der Waals surface area contributed by atoms with E-state index in [1.807, 2.05) is 12.1 Å². The monoisotopic (exact) mass is 491 g/mol. The molecule has 0 saturated heterocycles. The summed E-state index contributed by atoms with van der Waals surface area (Å²) in [6.07, 6.45) is -0.165. The van der Waals surface area contributed by atoms with Crippen LogP contribution in [0.5, 0.6) is 0 Å². The first-order chi connectivity index (χ1) is 15.3. The average Bonchev–Trinajstić information content (AvgIpc) is 2.75. The van der Waals surface area contributed by atoms with Gasteiger partial charge >= 0.3 is 0 Å². The zero-order valence-corrected chi connectivity index (χ0v) is 19.4. The van der Waals surface area contributed by atoms with Crippen molar-refractivity contribution in [2.45, 2.75) is 18.5 Å². The number of halogens is 3. The molecule has 0 radical (unpaired) electrons. The third-order valence-electron chi connectivity index (χ3n) is 4.95. The van der Waals surface area contributed by atoms with Gasteiger partial charge in [0.2, 0.25) is 5.91 Å². The van der Waals surface area contributed by atoms with Crippen molar-refractivity contribution in [3.63, 3.8) is 0 Å². The highest BCUT2D eigenvalue weighted by molar-refractivity contribution is 6.42. The van der Waals surface area contributed by atoms with Gasteiger partial charge in [-0.05, 0) is 67.1 Å². The zero-order chi connectivity index (χ0) is 23.3. The van der Waals surface area contributed by atoms with Crippen LogP contribution in [0.3, 0.4) is 0 Å². The fourth-order valence-electron chi connectivity index (χ4n) is 3.33. The number of anilines is 3. The molecule has 0 bridgehead atoms. The topological polar surface area (TPSA) is 119 Å². The van der Waals surface area contributed by atoms with Crippen LogP contribution in [0.25, 0.3) is 0 Å². The minimum absolute atomic E-state index is 0.221. The second-order valence-electron chi connectivity index (χ2n) is 7.27. The molecule has 0 spiro atoms. The summed E-state index contributed by atoms with van der Waals surface area (Å²) in [5.74, 6) is -0.713. The number of carbonyl (C=O) groups is 1. The number of amides is 1. The summed E-state index contributed by atoms with van der Waals surface area (Å²) >= 11 is 18.2. The summed E-state index contributed by atoms with van der Waals surface area (Å²) in [5, 5.41) is 7.47. The molecule has 9 heteroatoms. The molecule has 32 heavy (non-hydrogen) atoms. The lowest BCUT2D eigenvalue weighted by Gasteiger charge is -2.20. The number of hydrogen-bond acceptors (Lipinski definition) is 5. The first-order valence-electron chi connectivity index (χ1n) is 9.91. The van der Waals surface area contributed by atoms with Crippen molar-refractivity contribution in [2.24, 2.45) is 11.5 Å². The predicted octanol–water partition coefficient (Wildman–Crippen LogP) is 5.37. The predicted molar refractivity (Wildman–Crippen MR) is 134 cm³/mol. The summed E-state index contributed by atoms with van der Waals surface area (Å²) in [5.41, 5.74) is 21.4. The maximum Gasteiger partial charge on any atom is 0.231 e. The molecule has 6 nitrogen and oxygen atoms in total. The summed E-state index contributed by atoms with van der Waals surface area (Å²) in [6, 6.07) is 17.5. The van der Waals surface area contributed by atoms with Gasteiger partial charge in [0.05, 0.1) is 16.0 Å². The smallest absolute Gasteiger partial charge is 0.231 e. The highest BCUT2D eigenvalue weighted by Crippen LogP contribution is 2.30. The van der Waals surface area contributed by atoms with Crippen LogP contribution < -0.4 is 27.8 Å². The van der Waals surface area contributed by atoms with Crippen LogP contribution in [-0.2, 0) is 4.79 Å². The van der Waals surface area contributed by atoms with Gasteiger partial charge in [0.1, 0.15) is 6.17 Å². The Labute approximate surface area is 202 Å². The lowest BCUT2D eigenvalue weighted by Crippen LogP contribution is -2.24. The van der Waals surface area contributed by atoms with Crippen molar-refractivity contribution >= 4 is 57.8 Å². The minimum atomic E-state index is -0.611. The molecule has 1 amide bonds. The number of benzene rings is 3. The van der Waals surface area contributed by atoms with Gasteiger partial charge in [-0.25, -0.2) is 0 Å². The maximum absolute atomic E-state index is 13.1. The van der Waals surface area contributed by atoms with Gasteiger partial charge in [0.15, 0.2) is 0 Å². The van der Waals surface area contributed by atoms with Gasteiger partial charge in [0.25, 0.3) is 0 Å². The van der Waals surface area contributed by atoms with E-state index in [1.165, 1.54) is 0 Å². The zero-order valence-electron chi connectivity index (χ0n) is 17.1. The highest BCUT2D eigenvalue weighted by Gasteiger charge is 2.21. The molecule has 0 aliphatic rings. The van der Waals surface area contributed by atoms with Gasteiger partial charge in [-0.2, -0.15) is 0 Å². The van der Waals surface area contributed by atoms with Gasteiger partial charge < -0.3 is 27.8 Å². The van der Waals surface area contributed by atoms with Gasteiger partial charge in [0, 0.05) is 27.6 Å². The number of nitrogens with one attached hydrogen (secondary N) is 2. The summed E-state index contributed by atoms with van der Waals surface area (Å²) in [6.45, 7) is 0.333. The first-order valence-corrected chi connectivity index (χ1v) is 11.0. The molecule has 0 aliphatic heterocycles. The lowest BCUT2D eigenvalue weighted by molar-refractivity contribution is -0.117. The second-order valence-corrected chi connectivity index (χ2v) is 8.52. The Morgan fingerprint density at radius 2 is 1.72 bits per heavy atom. The van der Waals surface area contributed by atoms with Crippen molar-refractivity contribution in [1.29, 1.82) is 0 Å². The third kappa shape index (κ3) is 6.06. The molecule has 3 rings (SSSR count). The Morgan fingerprint density at radius 1 is 0.938 bits per heavy atom. The standard InChI is InChI=1S/C23H24Cl3N5O/c24-14-2-1-3-15(11-14)30-22(29)18-12-16(5-7-21(18)28)31-23(32)17(8-9-27)13-4-6-19(25)20(26)10-13/h1-7,10-12,17,22,30H,8-9,27-29H2,(H,31,32). The Hall–Kier alpha value is -2.48. The Balaban J connectivity index is 1.80. The van der Waals surface area contributed by atoms with E-state index in [0.29, 0.717) is 45.0 Å². The maximum atomic E-state index is 13.1. The molecule has 0 saturated carbocycles. The van der Waals surface area contributed by atoms with E-state index in [1.54, 1.807) is 48.5 Å². The fraction of sp³-hybridized carbons (Fsp3) is 0.174. The molecule has 3 aromatic carbocycles. The molecular formula is C23H24Cl3N5O. The van der Waals surface area contributed by atoms with Gasteiger partial charge in [-0.1, -0.05) is 46.9 Å². The van der Waals surface area contributed by atoms with Crippen LogP contribution >= 0.6 is 34.8 Å². The van der Waals surface area contributed by atoms with E-state index in [-0.39, 0.29) is 5.91 Å². The van der Waals surface area contributed by atoms with Crippen LogP contribution in [-0.4, -0.2) is 12.5 Å². The molecule has 0 aromatic heterocycles. The second kappa shape index (κ2) is 10.9. The van der Waals surface area contributed by atoms with Gasteiger partial charge in [-0.3, -0.25) is 4.79 Å². The van der Waals surface area contributed by atoms with E-state index < -0.39 is 12.1 Å². The molecule has 2 atom stereocenters. The SMILES string of the molecule is NCCC(C(=O)Nc1ccc(N)c(C(N)Nc2cccc(Cl)c2)c1)c1ccc(Cl)c(Cl)c1. The van der Waals surface area contributed by atoms with Crippen molar-refractivity contribution < 1.29 is 4.79 Å². The van der Waals surface area contributed by atoms with Crippen LogP contribution in [0.1, 0.15) is 29.6 Å². The number of hydrogen-bond donors (Lipinski definition) is 5. The third-order valence-corrected chi connectivity index (χ3v) is 5.93. The van der Waals surface area contributed by atoms with E-state index in [0.717, 1.165) is 11.3 Å². The van der Waals surface area contributed by atoms with Crippen molar-refractivity contribution in [2.75, 3.05) is 22.9 Å². The van der Waals surface area contributed by atoms with Crippen molar-refractivity contribution in [3.8, 4) is 0 Å². The van der Waals surface area contributed by atoms with Crippen LogP contribution in [0, 0.1) is 0 Å². The quantitative estimate of drug-likeness (QED) is 0.214. The largest absolute Gasteiger partial charge is 0.398 e. The number of rotatable bonds is 8. The number of nitrogen functional groups attached to an aromatic ring is 1. The molecule has 8 N–H and O–H groups in total. The Bertz CT molecular complexity index is 1110. The summed E-state index contributed by atoms with van der Waals surface area (Å²) in [7, 11) is 0. The summed E-state index contributed by atoms with van der Waals surface area (Å²) in [4.78, 5) is 13.1. The van der Waals surface area contributed by atoms with Gasteiger partial charge in [-0.15, -0.1) is 0 Å². The highest BCUT2D eigenvalue weighted by atomic mass is 35.5. The molecule has 0 fully saturated rings. The van der Waals surface area contributed by atoms with E-state index in [9.17, 15) is 4.79 Å². The van der Waals surface area contributed by atoms with E-state index in [4.69, 9.17) is 52.0 Å². The molecule has 168 valence electrons. The van der Waals surface area contributed by atoms with E-state index in [2.05, 4.69) is 10.6 Å². The molecular weight excluding hydrogens is 469 g/mol. The minimum Gasteiger partial charge on any atom is -0.398 e. The fourth-order valence-corrected chi connectivity index (χ4v) is 3.83. The average molecular weight is 493 g/mol. The normalized spacial score (nSPS) is 12.8. The Kier molecular flexibility index (Phi) is 8.23. The van der Waals surface area contributed by atoms with Crippen LogP contribution in [0.15, 0.2) is 60.7 Å². The molecule has 0 aliphatic carbocycles. The van der Waals surface area contributed by atoms with E-state index >= 15 is 0 Å². The molecule has 0 heterocycles. The van der Waals surface area contributed by atoms with Crippen molar-refractivity contribution in [1.82, 2.24) is 0 Å². The lowest BCUT2D eigenvalue weighted by atomic mass is 9.94. The summed E-state index contributed by atoms with van der Waals surface area (Å²) < 4.78 is 0. The number of carbonyl (C=O) groups excluding carboxylic acids is 1.